The van der Waals surface area contributed by atoms with E-state index in [2.05, 4.69) is 24.1 Å². The van der Waals surface area contributed by atoms with E-state index in [-0.39, 0.29) is 5.82 Å². The number of rotatable bonds is 4. The van der Waals surface area contributed by atoms with E-state index in [9.17, 15) is 4.39 Å². The summed E-state index contributed by atoms with van der Waals surface area (Å²) in [6.07, 6.45) is 3.59. The number of nitrogens with zero attached hydrogens (tertiary/aromatic N) is 1. The SMILES string of the molecule is CCNCc1ccc(N2CCCC(C)CC2)c(F)c1. The van der Waals surface area contributed by atoms with Crippen molar-refractivity contribution in [2.24, 2.45) is 5.92 Å². The maximum absolute atomic E-state index is 14.2. The normalized spacial score (nSPS) is 20.4. The molecule has 0 bridgehead atoms. The van der Waals surface area contributed by atoms with E-state index in [4.69, 9.17) is 0 Å². The van der Waals surface area contributed by atoms with Gasteiger partial charge in [-0.05, 0) is 49.4 Å². The highest BCUT2D eigenvalue weighted by Crippen LogP contribution is 2.25. The zero-order valence-corrected chi connectivity index (χ0v) is 12.1. The van der Waals surface area contributed by atoms with Crippen LogP contribution >= 0.6 is 0 Å². The number of hydrogen-bond donors (Lipinski definition) is 1. The molecule has 1 aliphatic rings. The summed E-state index contributed by atoms with van der Waals surface area (Å²) in [4.78, 5) is 2.20. The Kier molecular flexibility index (Phi) is 5.20. The third-order valence-corrected chi connectivity index (χ3v) is 3.95. The molecule has 1 heterocycles. The molecule has 1 unspecified atom stereocenters. The zero-order valence-electron chi connectivity index (χ0n) is 12.1. The van der Waals surface area contributed by atoms with Crippen LogP contribution in [0.2, 0.25) is 0 Å². The number of anilines is 1. The van der Waals surface area contributed by atoms with Crippen molar-refractivity contribution < 1.29 is 4.39 Å². The van der Waals surface area contributed by atoms with Crippen molar-refractivity contribution in [3.8, 4) is 0 Å². The molecule has 1 aromatic rings. The van der Waals surface area contributed by atoms with Gasteiger partial charge in [0.25, 0.3) is 0 Å². The molecule has 0 radical (unpaired) electrons. The number of hydrogen-bond acceptors (Lipinski definition) is 2. The molecule has 0 amide bonds. The Morgan fingerprint density at radius 3 is 2.89 bits per heavy atom. The van der Waals surface area contributed by atoms with Gasteiger partial charge in [0, 0.05) is 19.6 Å². The van der Waals surface area contributed by atoms with Crippen molar-refractivity contribution in [3.05, 3.63) is 29.6 Å². The fourth-order valence-corrected chi connectivity index (χ4v) is 2.69. The average molecular weight is 264 g/mol. The van der Waals surface area contributed by atoms with Gasteiger partial charge >= 0.3 is 0 Å². The first-order valence-corrected chi connectivity index (χ1v) is 7.44. The molecule has 1 atom stereocenters. The monoisotopic (exact) mass is 264 g/mol. The first-order chi connectivity index (χ1) is 9.20. The van der Waals surface area contributed by atoms with Crippen molar-refractivity contribution >= 4 is 5.69 Å². The fraction of sp³-hybridized carbons (Fsp3) is 0.625. The van der Waals surface area contributed by atoms with Gasteiger partial charge in [-0.3, -0.25) is 0 Å². The van der Waals surface area contributed by atoms with Gasteiger partial charge in [-0.15, -0.1) is 0 Å². The Bertz CT molecular complexity index is 406. The number of halogens is 1. The summed E-state index contributed by atoms with van der Waals surface area (Å²) in [7, 11) is 0. The third-order valence-electron chi connectivity index (χ3n) is 3.95. The summed E-state index contributed by atoms with van der Waals surface area (Å²) in [5.74, 6) is 0.686. The predicted octanol–water partition coefficient (Wildman–Crippen LogP) is 3.56. The maximum atomic E-state index is 14.2. The molecule has 0 aliphatic carbocycles. The molecule has 2 nitrogen and oxygen atoms in total. The summed E-state index contributed by atoms with van der Waals surface area (Å²) in [5.41, 5.74) is 1.79. The molecule has 0 aromatic heterocycles. The Morgan fingerprint density at radius 2 is 2.16 bits per heavy atom. The van der Waals surface area contributed by atoms with Crippen LogP contribution in [0.15, 0.2) is 18.2 Å². The van der Waals surface area contributed by atoms with Crippen LogP contribution in [0.3, 0.4) is 0 Å². The van der Waals surface area contributed by atoms with Gasteiger partial charge in [-0.2, -0.15) is 0 Å². The average Bonchev–Trinajstić information content (AvgIpc) is 2.61. The quantitative estimate of drug-likeness (QED) is 0.894. The second-order valence-electron chi connectivity index (χ2n) is 5.59. The lowest BCUT2D eigenvalue weighted by Crippen LogP contribution is -2.25. The lowest BCUT2D eigenvalue weighted by Gasteiger charge is -2.23. The minimum Gasteiger partial charge on any atom is -0.369 e. The summed E-state index contributed by atoms with van der Waals surface area (Å²) < 4.78 is 14.2. The molecule has 1 aliphatic heterocycles. The highest BCUT2D eigenvalue weighted by atomic mass is 19.1. The van der Waals surface area contributed by atoms with Crippen LogP contribution in [0.5, 0.6) is 0 Å². The van der Waals surface area contributed by atoms with Crippen LogP contribution < -0.4 is 10.2 Å². The smallest absolute Gasteiger partial charge is 0.146 e. The number of nitrogens with one attached hydrogen (secondary N) is 1. The van der Waals surface area contributed by atoms with Crippen molar-refractivity contribution in [1.29, 1.82) is 0 Å². The molecule has 106 valence electrons. The summed E-state index contributed by atoms with van der Waals surface area (Å²) >= 11 is 0. The van der Waals surface area contributed by atoms with Gasteiger partial charge < -0.3 is 10.2 Å². The van der Waals surface area contributed by atoms with E-state index in [0.717, 1.165) is 43.3 Å². The van der Waals surface area contributed by atoms with Gasteiger partial charge in [0.15, 0.2) is 0 Å². The molecule has 1 saturated heterocycles. The van der Waals surface area contributed by atoms with Crippen LogP contribution in [-0.4, -0.2) is 19.6 Å². The van der Waals surface area contributed by atoms with Gasteiger partial charge in [-0.25, -0.2) is 4.39 Å². The molecule has 0 spiro atoms. The maximum Gasteiger partial charge on any atom is 0.146 e. The Labute approximate surface area is 116 Å². The van der Waals surface area contributed by atoms with Crippen LogP contribution in [-0.2, 0) is 6.54 Å². The van der Waals surface area contributed by atoms with Crippen LogP contribution in [0.1, 0.15) is 38.7 Å². The minimum atomic E-state index is -0.0787. The van der Waals surface area contributed by atoms with E-state index in [1.54, 1.807) is 6.07 Å². The molecule has 19 heavy (non-hydrogen) atoms. The van der Waals surface area contributed by atoms with Gasteiger partial charge in [0.05, 0.1) is 5.69 Å². The Balaban J connectivity index is 2.07. The van der Waals surface area contributed by atoms with Crippen molar-refractivity contribution in [3.63, 3.8) is 0 Å². The standard InChI is InChI=1S/C16H25FN2/c1-3-18-12-14-6-7-16(15(17)11-14)19-9-4-5-13(2)8-10-19/h6-7,11,13,18H,3-5,8-10,12H2,1-2H3. The first kappa shape index (κ1) is 14.3. The van der Waals surface area contributed by atoms with E-state index in [0.29, 0.717) is 0 Å². The van der Waals surface area contributed by atoms with E-state index < -0.39 is 0 Å². The fourth-order valence-electron chi connectivity index (χ4n) is 2.69. The molecule has 3 heteroatoms. The van der Waals surface area contributed by atoms with Crippen molar-refractivity contribution in [2.75, 3.05) is 24.5 Å². The van der Waals surface area contributed by atoms with E-state index in [1.807, 2.05) is 12.1 Å². The molecular formula is C16H25FN2. The largest absolute Gasteiger partial charge is 0.369 e. The Morgan fingerprint density at radius 1 is 1.32 bits per heavy atom. The van der Waals surface area contributed by atoms with Crippen LogP contribution in [0, 0.1) is 11.7 Å². The van der Waals surface area contributed by atoms with Gasteiger partial charge in [0.2, 0.25) is 0 Å². The van der Waals surface area contributed by atoms with Crippen molar-refractivity contribution in [1.82, 2.24) is 5.32 Å². The highest BCUT2D eigenvalue weighted by molar-refractivity contribution is 5.49. The lowest BCUT2D eigenvalue weighted by molar-refractivity contribution is 0.520. The zero-order chi connectivity index (χ0) is 13.7. The molecular weight excluding hydrogens is 239 g/mol. The second-order valence-corrected chi connectivity index (χ2v) is 5.59. The van der Waals surface area contributed by atoms with Gasteiger partial charge in [0.1, 0.15) is 5.82 Å². The number of benzene rings is 1. The third kappa shape index (κ3) is 3.93. The predicted molar refractivity (Wildman–Crippen MR) is 79.0 cm³/mol. The molecule has 1 aromatic carbocycles. The topological polar surface area (TPSA) is 15.3 Å². The summed E-state index contributed by atoms with van der Waals surface area (Å²) in [6, 6.07) is 5.65. The van der Waals surface area contributed by atoms with E-state index >= 15 is 0 Å². The van der Waals surface area contributed by atoms with Crippen LogP contribution in [0.25, 0.3) is 0 Å². The molecule has 1 fully saturated rings. The molecule has 2 rings (SSSR count). The van der Waals surface area contributed by atoms with Crippen LogP contribution in [0.4, 0.5) is 10.1 Å². The Hall–Kier alpha value is -1.09. The molecule has 1 N–H and O–H groups in total. The highest BCUT2D eigenvalue weighted by Gasteiger charge is 2.16. The minimum absolute atomic E-state index is 0.0787. The second kappa shape index (κ2) is 6.90. The lowest BCUT2D eigenvalue weighted by atomic mass is 10.0. The van der Waals surface area contributed by atoms with Crippen molar-refractivity contribution in [2.45, 2.75) is 39.7 Å². The summed E-state index contributed by atoms with van der Waals surface area (Å²) in [5, 5.41) is 3.23. The van der Waals surface area contributed by atoms with Gasteiger partial charge in [-0.1, -0.05) is 19.9 Å². The molecule has 0 saturated carbocycles. The summed E-state index contributed by atoms with van der Waals surface area (Å²) in [6.45, 7) is 7.96. The van der Waals surface area contributed by atoms with E-state index in [1.165, 1.54) is 19.3 Å². The first-order valence-electron chi connectivity index (χ1n) is 7.44.